The summed E-state index contributed by atoms with van der Waals surface area (Å²) in [4.78, 5) is 11.6. The molecule has 0 saturated heterocycles. The van der Waals surface area contributed by atoms with Gasteiger partial charge in [0.05, 0.1) is 22.4 Å². The number of Topliss-reactive ketones (excluding diaryl/α,β-unsaturated/α-hetero) is 1. The number of hydrogen-bond donors (Lipinski definition) is 1. The maximum atomic E-state index is 11.6. The number of carbonyl (C=O) groups excluding carboxylic acids is 1. The van der Waals surface area contributed by atoms with Gasteiger partial charge in [0.25, 0.3) is 0 Å². The van der Waals surface area contributed by atoms with Crippen LogP contribution in [0, 0.1) is 0 Å². The maximum Gasteiger partial charge on any atom is 1.00 e. The summed E-state index contributed by atoms with van der Waals surface area (Å²) in [5.41, 5.74) is 0. The van der Waals surface area contributed by atoms with Gasteiger partial charge in [-0.1, -0.05) is 70.4 Å². The Morgan fingerprint density at radius 1 is 0.857 bits per heavy atom. The second-order valence-electron chi connectivity index (χ2n) is 7.31. The Bertz CT molecular complexity index is 481. The molecule has 1 N–H and O–H groups in total. The number of unbranched alkanes of at least 4 members (excludes halogenated alkanes) is 11. The molecular formula is C21H40NNaO4S. The molecule has 0 amide bonds. The molecule has 28 heavy (non-hydrogen) atoms. The minimum Gasteiger partial charge on any atom is -0.748 e. The number of ketones is 1. The number of nitrogens with one attached hydrogen (secondary N) is 1. The molecule has 0 spiro atoms. The summed E-state index contributed by atoms with van der Waals surface area (Å²) < 4.78 is 31.3. The zero-order chi connectivity index (χ0) is 20.2. The van der Waals surface area contributed by atoms with Crippen LogP contribution >= 0.6 is 0 Å². The Morgan fingerprint density at radius 3 is 1.89 bits per heavy atom. The third kappa shape index (κ3) is 26.3. The molecular weight excluding hydrogens is 385 g/mol. The molecule has 0 aliphatic heterocycles. The van der Waals surface area contributed by atoms with Crippen LogP contribution in [0.2, 0.25) is 0 Å². The van der Waals surface area contributed by atoms with Crippen molar-refractivity contribution < 1.29 is 47.3 Å². The molecule has 0 aromatic carbocycles. The van der Waals surface area contributed by atoms with Gasteiger partial charge in [0.15, 0.2) is 0 Å². The minimum atomic E-state index is -4.19. The van der Waals surface area contributed by atoms with Crippen molar-refractivity contribution in [3.63, 3.8) is 0 Å². The number of allylic oxidation sites excluding steroid dienone is 2. The summed E-state index contributed by atoms with van der Waals surface area (Å²) in [6.07, 6.45) is 21.1. The Balaban J connectivity index is 0. The van der Waals surface area contributed by atoms with Crippen LogP contribution in [-0.4, -0.2) is 37.6 Å². The van der Waals surface area contributed by atoms with Crippen molar-refractivity contribution in [3.05, 3.63) is 12.2 Å². The van der Waals surface area contributed by atoms with E-state index in [0.29, 0.717) is 6.42 Å². The molecule has 7 heteroatoms. The first-order valence-electron chi connectivity index (χ1n) is 10.8. The van der Waals surface area contributed by atoms with E-state index >= 15 is 0 Å². The van der Waals surface area contributed by atoms with Gasteiger partial charge in [-0.15, -0.1) is 0 Å². The molecule has 0 saturated carbocycles. The van der Waals surface area contributed by atoms with E-state index in [9.17, 15) is 17.8 Å². The van der Waals surface area contributed by atoms with E-state index in [-0.39, 0.29) is 48.4 Å². The van der Waals surface area contributed by atoms with Crippen LogP contribution in [-0.2, 0) is 14.9 Å². The van der Waals surface area contributed by atoms with Crippen LogP contribution in [0.15, 0.2) is 12.2 Å². The summed E-state index contributed by atoms with van der Waals surface area (Å²) in [7, 11) is -4.19. The fraction of sp³-hybridized carbons (Fsp3) is 0.857. The molecule has 0 aliphatic carbocycles. The predicted molar refractivity (Wildman–Crippen MR) is 112 cm³/mol. The third-order valence-electron chi connectivity index (χ3n) is 4.57. The molecule has 0 aromatic rings. The average molecular weight is 426 g/mol. The van der Waals surface area contributed by atoms with Gasteiger partial charge in [-0.3, -0.25) is 4.79 Å². The molecule has 0 aliphatic rings. The normalized spacial score (nSPS) is 11.6. The van der Waals surface area contributed by atoms with Crippen molar-refractivity contribution in [2.45, 2.75) is 96.8 Å². The van der Waals surface area contributed by atoms with Crippen molar-refractivity contribution in [1.82, 2.24) is 5.32 Å². The average Bonchev–Trinajstić information content (AvgIpc) is 2.61. The smallest absolute Gasteiger partial charge is 0.748 e. The Kier molecular flexibility index (Phi) is 23.9. The van der Waals surface area contributed by atoms with E-state index in [0.717, 1.165) is 25.7 Å². The van der Waals surface area contributed by atoms with Crippen LogP contribution in [0.4, 0.5) is 0 Å². The van der Waals surface area contributed by atoms with Crippen LogP contribution in [0.5, 0.6) is 0 Å². The van der Waals surface area contributed by atoms with E-state index in [2.05, 4.69) is 24.4 Å². The molecule has 0 heterocycles. The Morgan fingerprint density at radius 2 is 1.36 bits per heavy atom. The van der Waals surface area contributed by atoms with E-state index in [1.54, 1.807) is 0 Å². The van der Waals surface area contributed by atoms with E-state index in [4.69, 9.17) is 0 Å². The predicted octanol–water partition coefficient (Wildman–Crippen LogP) is 1.73. The summed E-state index contributed by atoms with van der Waals surface area (Å²) in [6, 6.07) is 0. The summed E-state index contributed by atoms with van der Waals surface area (Å²) in [5, 5.41) is 2.71. The van der Waals surface area contributed by atoms with Crippen LogP contribution < -0.4 is 34.9 Å². The zero-order valence-electron chi connectivity index (χ0n) is 18.2. The first-order chi connectivity index (χ1) is 13.0. The molecule has 5 nitrogen and oxygen atoms in total. The first-order valence-corrected chi connectivity index (χ1v) is 12.3. The van der Waals surface area contributed by atoms with E-state index in [1.807, 2.05) is 0 Å². The largest absolute Gasteiger partial charge is 1.00 e. The molecule has 0 atom stereocenters. The number of rotatable bonds is 20. The van der Waals surface area contributed by atoms with Gasteiger partial charge in [-0.05, 0) is 32.1 Å². The SMILES string of the molecule is CCCCCCCC/C=C\CCCCCCCC(=O)CNCCS(=O)(=O)[O-].[Na+]. The molecule has 0 aromatic heterocycles. The molecule has 0 fully saturated rings. The van der Waals surface area contributed by atoms with Gasteiger partial charge < -0.3 is 9.87 Å². The standard InChI is InChI=1S/C21H41NO4S.Na/c1-2-3-4-5-6-7-8-9-10-11-12-13-14-15-16-17-21(23)20-22-18-19-27(24,25)26;/h9-10,22H,2-8,11-20H2,1H3,(H,24,25,26);/q;+1/p-1/b10-9-;. The third-order valence-corrected chi connectivity index (χ3v) is 5.27. The van der Waals surface area contributed by atoms with Crippen LogP contribution in [0.1, 0.15) is 96.8 Å². The summed E-state index contributed by atoms with van der Waals surface area (Å²) in [5.74, 6) is -0.385. The second kappa shape index (κ2) is 22.0. The van der Waals surface area contributed by atoms with Crippen LogP contribution in [0.3, 0.4) is 0 Å². The van der Waals surface area contributed by atoms with Crippen molar-refractivity contribution in [1.29, 1.82) is 0 Å². The Hall–Kier alpha value is 0.280. The van der Waals surface area contributed by atoms with Crippen molar-refractivity contribution >= 4 is 15.9 Å². The Labute approximate surface area is 195 Å². The molecule has 0 unspecified atom stereocenters. The molecule has 160 valence electrons. The molecule has 0 radical (unpaired) electrons. The van der Waals surface area contributed by atoms with Crippen LogP contribution in [0.25, 0.3) is 0 Å². The quantitative estimate of drug-likeness (QED) is 0.139. The molecule has 0 bridgehead atoms. The molecule has 0 rings (SSSR count). The van der Waals surface area contributed by atoms with Crippen molar-refractivity contribution in [2.24, 2.45) is 0 Å². The van der Waals surface area contributed by atoms with Gasteiger partial charge in [-0.2, -0.15) is 0 Å². The van der Waals surface area contributed by atoms with Gasteiger partial charge in [0.2, 0.25) is 0 Å². The summed E-state index contributed by atoms with van der Waals surface area (Å²) in [6.45, 7) is 2.45. The fourth-order valence-electron chi connectivity index (χ4n) is 2.91. The minimum absolute atomic E-state index is 0. The second-order valence-corrected chi connectivity index (χ2v) is 8.84. The number of hydrogen-bond acceptors (Lipinski definition) is 5. The van der Waals surface area contributed by atoms with E-state index in [1.165, 1.54) is 57.8 Å². The maximum absolute atomic E-state index is 11.6. The van der Waals surface area contributed by atoms with Gasteiger partial charge in [-0.25, -0.2) is 8.42 Å². The van der Waals surface area contributed by atoms with Crippen molar-refractivity contribution in [3.8, 4) is 0 Å². The van der Waals surface area contributed by atoms with Gasteiger partial charge in [0, 0.05) is 13.0 Å². The summed E-state index contributed by atoms with van der Waals surface area (Å²) >= 11 is 0. The van der Waals surface area contributed by atoms with Gasteiger partial charge >= 0.3 is 29.6 Å². The fourth-order valence-corrected chi connectivity index (χ4v) is 3.30. The monoisotopic (exact) mass is 425 g/mol. The number of carbonyl (C=O) groups is 1. The van der Waals surface area contributed by atoms with E-state index < -0.39 is 15.9 Å². The zero-order valence-corrected chi connectivity index (χ0v) is 21.0. The van der Waals surface area contributed by atoms with Crippen molar-refractivity contribution in [2.75, 3.05) is 18.8 Å². The topological polar surface area (TPSA) is 86.3 Å². The van der Waals surface area contributed by atoms with Gasteiger partial charge in [0.1, 0.15) is 5.78 Å². The first kappa shape index (κ1) is 30.5.